The number of pyridine rings is 1. The van der Waals surface area contributed by atoms with Gasteiger partial charge in [-0.2, -0.15) is 0 Å². The lowest BCUT2D eigenvalue weighted by molar-refractivity contribution is -0.163. The largest absolute Gasteiger partial charge is 0.374 e. The average molecular weight is 352 g/mol. The van der Waals surface area contributed by atoms with Gasteiger partial charge in [0.25, 0.3) is 0 Å². The lowest BCUT2D eigenvalue weighted by Gasteiger charge is -2.39. The SMILES string of the molecule is O=C(C1CC(F)(F)C1)N1CCO[C@H]2CC[C@H]1[C@@H]2OCc1ccncc1. The van der Waals surface area contributed by atoms with Crippen LogP contribution in [0.4, 0.5) is 8.78 Å². The molecule has 1 aliphatic heterocycles. The number of ether oxygens (including phenoxy) is 2. The molecule has 0 radical (unpaired) electrons. The molecule has 136 valence electrons. The monoisotopic (exact) mass is 352 g/mol. The van der Waals surface area contributed by atoms with Gasteiger partial charge in [0, 0.05) is 37.7 Å². The van der Waals surface area contributed by atoms with E-state index < -0.39 is 11.8 Å². The van der Waals surface area contributed by atoms with Gasteiger partial charge in [-0.1, -0.05) is 0 Å². The van der Waals surface area contributed by atoms with Crippen LogP contribution in [-0.4, -0.2) is 53.1 Å². The van der Waals surface area contributed by atoms with Crippen LogP contribution >= 0.6 is 0 Å². The van der Waals surface area contributed by atoms with E-state index >= 15 is 0 Å². The van der Waals surface area contributed by atoms with Crippen molar-refractivity contribution in [3.05, 3.63) is 30.1 Å². The van der Waals surface area contributed by atoms with Gasteiger partial charge in [-0.25, -0.2) is 8.78 Å². The second-order valence-electron chi connectivity index (χ2n) is 7.18. The van der Waals surface area contributed by atoms with Crippen molar-refractivity contribution in [2.45, 2.75) is 56.5 Å². The van der Waals surface area contributed by atoms with Gasteiger partial charge in [0.15, 0.2) is 0 Å². The molecule has 5 nitrogen and oxygen atoms in total. The van der Waals surface area contributed by atoms with Crippen LogP contribution < -0.4 is 0 Å². The van der Waals surface area contributed by atoms with Crippen molar-refractivity contribution in [1.29, 1.82) is 0 Å². The summed E-state index contributed by atoms with van der Waals surface area (Å²) in [4.78, 5) is 18.4. The summed E-state index contributed by atoms with van der Waals surface area (Å²) in [5.41, 5.74) is 1.01. The van der Waals surface area contributed by atoms with E-state index in [4.69, 9.17) is 9.47 Å². The molecule has 25 heavy (non-hydrogen) atoms. The molecule has 4 rings (SSSR count). The van der Waals surface area contributed by atoms with Gasteiger partial charge in [0.05, 0.1) is 25.4 Å². The predicted octanol–water partition coefficient (Wildman–Crippen LogP) is 2.40. The number of amides is 1. The molecule has 2 saturated carbocycles. The van der Waals surface area contributed by atoms with Crippen molar-refractivity contribution >= 4 is 5.91 Å². The van der Waals surface area contributed by atoms with Gasteiger partial charge in [-0.15, -0.1) is 0 Å². The number of halogens is 2. The normalized spacial score (nSPS) is 31.4. The van der Waals surface area contributed by atoms with Crippen molar-refractivity contribution in [2.24, 2.45) is 5.92 Å². The number of rotatable bonds is 4. The van der Waals surface area contributed by atoms with Crippen molar-refractivity contribution in [1.82, 2.24) is 9.88 Å². The molecule has 0 spiro atoms. The van der Waals surface area contributed by atoms with Crippen LogP contribution in [-0.2, 0) is 20.9 Å². The highest BCUT2D eigenvalue weighted by Gasteiger charge is 2.52. The molecule has 7 heteroatoms. The summed E-state index contributed by atoms with van der Waals surface area (Å²) in [5, 5.41) is 0. The van der Waals surface area contributed by atoms with Gasteiger partial charge in [-0.05, 0) is 30.5 Å². The Hall–Kier alpha value is -1.60. The van der Waals surface area contributed by atoms with Gasteiger partial charge >= 0.3 is 0 Å². The first-order valence-electron chi connectivity index (χ1n) is 8.84. The van der Waals surface area contributed by atoms with Crippen LogP contribution in [0.1, 0.15) is 31.2 Å². The van der Waals surface area contributed by atoms with Gasteiger partial charge in [0.1, 0.15) is 6.10 Å². The zero-order chi connectivity index (χ0) is 17.4. The van der Waals surface area contributed by atoms with Crippen molar-refractivity contribution in [3.8, 4) is 0 Å². The molecular formula is C18H22F2N2O3. The maximum Gasteiger partial charge on any atom is 0.249 e. The highest BCUT2D eigenvalue weighted by molar-refractivity contribution is 5.80. The number of fused-ring (bicyclic) bond motifs is 2. The summed E-state index contributed by atoms with van der Waals surface area (Å²) in [6, 6.07) is 3.69. The van der Waals surface area contributed by atoms with Gasteiger partial charge in [0.2, 0.25) is 11.8 Å². The third kappa shape index (κ3) is 3.40. The van der Waals surface area contributed by atoms with Crippen LogP contribution in [0.25, 0.3) is 0 Å². The molecule has 1 aromatic rings. The first-order valence-corrected chi connectivity index (χ1v) is 8.84. The Kier molecular flexibility index (Phi) is 4.45. The lowest BCUT2D eigenvalue weighted by atomic mass is 9.80. The molecule has 3 fully saturated rings. The van der Waals surface area contributed by atoms with Crippen LogP contribution in [0, 0.1) is 5.92 Å². The number of hydrogen-bond acceptors (Lipinski definition) is 4. The summed E-state index contributed by atoms with van der Waals surface area (Å²) in [6.45, 7) is 1.31. The van der Waals surface area contributed by atoms with Crippen LogP contribution in [0.5, 0.6) is 0 Å². The van der Waals surface area contributed by atoms with Gasteiger partial charge in [-0.3, -0.25) is 9.78 Å². The zero-order valence-corrected chi connectivity index (χ0v) is 13.9. The van der Waals surface area contributed by atoms with E-state index in [1.807, 2.05) is 12.1 Å². The van der Waals surface area contributed by atoms with E-state index in [0.29, 0.717) is 19.8 Å². The molecule has 0 N–H and O–H groups in total. The maximum absolute atomic E-state index is 13.1. The standard InChI is InChI=1S/C18H22F2N2O3/c19-18(20)9-13(10-18)17(23)22-7-8-24-15-2-1-14(22)16(15)25-11-12-3-5-21-6-4-12/h3-6,13-16H,1-2,7-11H2/t14-,15-,16-/m0/s1. The highest BCUT2D eigenvalue weighted by atomic mass is 19.3. The Morgan fingerprint density at radius 3 is 2.80 bits per heavy atom. The Bertz CT molecular complexity index is 620. The third-order valence-electron chi connectivity index (χ3n) is 5.47. The smallest absolute Gasteiger partial charge is 0.249 e. The van der Waals surface area contributed by atoms with E-state index in [9.17, 15) is 13.6 Å². The molecule has 1 aromatic heterocycles. The minimum absolute atomic E-state index is 0.0348. The first-order chi connectivity index (χ1) is 12.0. The molecule has 2 aliphatic carbocycles. The summed E-state index contributed by atoms with van der Waals surface area (Å²) in [6.07, 6.45) is 4.14. The minimum atomic E-state index is -2.68. The van der Waals surface area contributed by atoms with Gasteiger partial charge < -0.3 is 14.4 Å². The van der Waals surface area contributed by atoms with E-state index in [0.717, 1.165) is 18.4 Å². The summed E-state index contributed by atoms with van der Waals surface area (Å²) < 4.78 is 38.2. The van der Waals surface area contributed by atoms with Crippen LogP contribution in [0.2, 0.25) is 0 Å². The molecule has 1 saturated heterocycles. The fraction of sp³-hybridized carbons (Fsp3) is 0.667. The quantitative estimate of drug-likeness (QED) is 0.835. The number of hydrogen-bond donors (Lipinski definition) is 0. The fourth-order valence-corrected chi connectivity index (χ4v) is 4.12. The van der Waals surface area contributed by atoms with E-state index in [1.165, 1.54) is 0 Å². The first kappa shape index (κ1) is 16.8. The van der Waals surface area contributed by atoms with E-state index in [1.54, 1.807) is 17.3 Å². The minimum Gasteiger partial charge on any atom is -0.374 e. The number of carbonyl (C=O) groups is 1. The third-order valence-corrected chi connectivity index (χ3v) is 5.47. The zero-order valence-electron chi connectivity index (χ0n) is 13.9. The summed E-state index contributed by atoms with van der Waals surface area (Å²) in [5.74, 6) is -3.41. The topological polar surface area (TPSA) is 51.7 Å². The Morgan fingerprint density at radius 2 is 2.08 bits per heavy atom. The second-order valence-corrected chi connectivity index (χ2v) is 7.18. The van der Waals surface area contributed by atoms with E-state index in [-0.39, 0.29) is 37.0 Å². The number of aromatic nitrogens is 1. The lowest BCUT2D eigenvalue weighted by Crippen LogP contribution is -2.52. The Labute approximate surface area is 145 Å². The fourth-order valence-electron chi connectivity index (χ4n) is 4.12. The van der Waals surface area contributed by atoms with Crippen molar-refractivity contribution in [2.75, 3.05) is 13.2 Å². The Morgan fingerprint density at radius 1 is 1.32 bits per heavy atom. The maximum atomic E-state index is 13.1. The van der Waals surface area contributed by atoms with Crippen molar-refractivity contribution in [3.63, 3.8) is 0 Å². The molecule has 3 atom stereocenters. The molecule has 0 aromatic carbocycles. The van der Waals surface area contributed by atoms with Crippen LogP contribution in [0.3, 0.4) is 0 Å². The van der Waals surface area contributed by atoms with Crippen molar-refractivity contribution < 1.29 is 23.0 Å². The summed E-state index contributed by atoms with van der Waals surface area (Å²) >= 11 is 0. The molecule has 3 aliphatic rings. The van der Waals surface area contributed by atoms with Crippen LogP contribution in [0.15, 0.2) is 24.5 Å². The summed E-state index contributed by atoms with van der Waals surface area (Å²) in [7, 11) is 0. The highest BCUT2D eigenvalue weighted by Crippen LogP contribution is 2.44. The molecule has 1 amide bonds. The number of alkyl halides is 2. The number of nitrogens with zero attached hydrogens (tertiary/aromatic N) is 2. The second kappa shape index (κ2) is 6.61. The molecule has 2 bridgehead atoms. The Balaban J connectivity index is 1.44. The predicted molar refractivity (Wildman–Crippen MR) is 85.0 cm³/mol. The molecule has 0 unspecified atom stereocenters. The average Bonchev–Trinajstić information content (AvgIpc) is 2.86. The molecule has 2 heterocycles. The molecular weight excluding hydrogens is 330 g/mol. The number of carbonyl (C=O) groups excluding carboxylic acids is 1. The van der Waals surface area contributed by atoms with E-state index in [2.05, 4.69) is 4.98 Å².